The average molecular weight is 196 g/mol. The van der Waals surface area contributed by atoms with Crippen molar-refractivity contribution in [1.82, 2.24) is 20.0 Å². The van der Waals surface area contributed by atoms with Gasteiger partial charge in [-0.15, -0.1) is 10.2 Å². The van der Waals surface area contributed by atoms with Gasteiger partial charge in [-0.05, 0) is 7.05 Å². The first-order valence-corrected chi connectivity index (χ1v) is 4.94. The lowest BCUT2D eigenvalue weighted by atomic mass is 10.3. The summed E-state index contributed by atoms with van der Waals surface area (Å²) in [7, 11) is 2.15. The quantitative estimate of drug-likeness (QED) is 0.672. The fourth-order valence-electron chi connectivity index (χ4n) is 1.60. The summed E-state index contributed by atoms with van der Waals surface area (Å²) >= 11 is 0. The minimum absolute atomic E-state index is 0.647. The van der Waals surface area contributed by atoms with Crippen LogP contribution in [-0.2, 0) is 6.54 Å². The van der Waals surface area contributed by atoms with Crippen LogP contribution in [0, 0.1) is 6.92 Å². The van der Waals surface area contributed by atoms with Crippen molar-refractivity contribution >= 4 is 0 Å². The van der Waals surface area contributed by atoms with E-state index in [4.69, 9.17) is 4.42 Å². The smallest absolute Gasteiger partial charge is 0.230 e. The van der Waals surface area contributed by atoms with E-state index in [0.717, 1.165) is 38.6 Å². The minimum atomic E-state index is 0.647. The number of hydrogen-bond acceptors (Lipinski definition) is 5. The molecule has 1 fully saturated rings. The van der Waals surface area contributed by atoms with Crippen LogP contribution in [0.3, 0.4) is 0 Å². The lowest BCUT2D eigenvalue weighted by molar-refractivity contribution is 0.138. The first kappa shape index (κ1) is 9.61. The molecular formula is C9H16N4O. The van der Waals surface area contributed by atoms with Gasteiger partial charge in [0.1, 0.15) is 0 Å². The first-order valence-electron chi connectivity index (χ1n) is 4.94. The molecule has 78 valence electrons. The molecule has 1 saturated heterocycles. The number of aryl methyl sites for hydroxylation is 1. The van der Waals surface area contributed by atoms with Gasteiger partial charge in [0.05, 0.1) is 6.54 Å². The van der Waals surface area contributed by atoms with E-state index >= 15 is 0 Å². The summed E-state index contributed by atoms with van der Waals surface area (Å²) in [4.78, 5) is 4.67. The molecule has 0 aliphatic carbocycles. The van der Waals surface area contributed by atoms with Gasteiger partial charge in [-0.1, -0.05) is 0 Å². The van der Waals surface area contributed by atoms with Gasteiger partial charge in [0.15, 0.2) is 0 Å². The largest absolute Gasteiger partial charge is 0.424 e. The normalized spacial score (nSPS) is 20.1. The van der Waals surface area contributed by atoms with Crippen molar-refractivity contribution < 1.29 is 4.42 Å². The maximum absolute atomic E-state index is 5.34. The van der Waals surface area contributed by atoms with Gasteiger partial charge < -0.3 is 9.32 Å². The molecule has 0 saturated carbocycles. The Labute approximate surface area is 83.7 Å². The van der Waals surface area contributed by atoms with Gasteiger partial charge in [0.2, 0.25) is 11.8 Å². The summed E-state index contributed by atoms with van der Waals surface area (Å²) in [6.45, 7) is 7.01. The molecule has 0 spiro atoms. The van der Waals surface area contributed by atoms with Crippen LogP contribution in [0.25, 0.3) is 0 Å². The second-order valence-electron chi connectivity index (χ2n) is 3.79. The molecule has 0 aromatic carbocycles. The highest BCUT2D eigenvalue weighted by molar-refractivity contribution is 4.81. The summed E-state index contributed by atoms with van der Waals surface area (Å²) < 4.78 is 5.34. The van der Waals surface area contributed by atoms with Gasteiger partial charge in [0.25, 0.3) is 0 Å². The molecule has 14 heavy (non-hydrogen) atoms. The SMILES string of the molecule is Cc1nnc(CN2CCN(C)CC2)o1. The number of nitrogens with zero attached hydrogens (tertiary/aromatic N) is 4. The predicted octanol–water partition coefficient (Wildman–Crippen LogP) is 0.125. The summed E-state index contributed by atoms with van der Waals surface area (Å²) in [6.07, 6.45) is 0. The van der Waals surface area contributed by atoms with E-state index in [1.165, 1.54) is 0 Å². The molecule has 2 heterocycles. The molecule has 0 atom stereocenters. The van der Waals surface area contributed by atoms with E-state index in [2.05, 4.69) is 27.0 Å². The molecule has 0 unspecified atom stereocenters. The van der Waals surface area contributed by atoms with Gasteiger partial charge in [-0.25, -0.2) is 0 Å². The minimum Gasteiger partial charge on any atom is -0.424 e. The average Bonchev–Trinajstić information content (AvgIpc) is 2.56. The van der Waals surface area contributed by atoms with E-state index in [9.17, 15) is 0 Å². The zero-order valence-electron chi connectivity index (χ0n) is 8.73. The van der Waals surface area contributed by atoms with Crippen LogP contribution >= 0.6 is 0 Å². The first-order chi connectivity index (χ1) is 6.74. The molecule has 1 aliphatic rings. The standard InChI is InChI=1S/C9H16N4O/c1-8-10-11-9(14-8)7-13-5-3-12(2)4-6-13/h3-7H2,1-2H3. The Hall–Kier alpha value is -0.940. The molecule has 1 aromatic heterocycles. The van der Waals surface area contributed by atoms with Crippen molar-refractivity contribution in [1.29, 1.82) is 0 Å². The van der Waals surface area contributed by atoms with E-state index in [1.54, 1.807) is 0 Å². The highest BCUT2D eigenvalue weighted by Gasteiger charge is 2.15. The predicted molar refractivity (Wildman–Crippen MR) is 51.8 cm³/mol. The van der Waals surface area contributed by atoms with Crippen LogP contribution in [0.5, 0.6) is 0 Å². The topological polar surface area (TPSA) is 45.4 Å². The lowest BCUT2D eigenvalue weighted by Gasteiger charge is -2.31. The molecule has 5 nitrogen and oxygen atoms in total. The molecule has 1 aromatic rings. The van der Waals surface area contributed by atoms with Crippen LogP contribution in [0.15, 0.2) is 4.42 Å². The number of piperazine rings is 1. The highest BCUT2D eigenvalue weighted by atomic mass is 16.4. The summed E-state index contributed by atoms with van der Waals surface area (Å²) in [5.41, 5.74) is 0. The maximum Gasteiger partial charge on any atom is 0.230 e. The van der Waals surface area contributed by atoms with Crippen LogP contribution in [0.2, 0.25) is 0 Å². The lowest BCUT2D eigenvalue weighted by Crippen LogP contribution is -2.43. The Morgan fingerprint density at radius 1 is 1.21 bits per heavy atom. The third-order valence-electron chi connectivity index (χ3n) is 2.52. The van der Waals surface area contributed by atoms with Crippen molar-refractivity contribution in [3.63, 3.8) is 0 Å². The molecule has 1 aliphatic heterocycles. The Morgan fingerprint density at radius 2 is 1.93 bits per heavy atom. The second kappa shape index (κ2) is 4.06. The highest BCUT2D eigenvalue weighted by Crippen LogP contribution is 2.06. The van der Waals surface area contributed by atoms with E-state index in [-0.39, 0.29) is 0 Å². The Kier molecular flexibility index (Phi) is 2.79. The summed E-state index contributed by atoms with van der Waals surface area (Å²) in [5, 5.41) is 7.80. The molecule has 0 bridgehead atoms. The Bertz CT molecular complexity index is 291. The van der Waals surface area contributed by atoms with Crippen molar-refractivity contribution in [2.24, 2.45) is 0 Å². The molecule has 0 radical (unpaired) electrons. The maximum atomic E-state index is 5.34. The number of aromatic nitrogens is 2. The van der Waals surface area contributed by atoms with Gasteiger partial charge in [0, 0.05) is 33.1 Å². The zero-order valence-corrected chi connectivity index (χ0v) is 8.73. The molecule has 0 N–H and O–H groups in total. The van der Waals surface area contributed by atoms with Crippen LogP contribution in [0.4, 0.5) is 0 Å². The van der Waals surface area contributed by atoms with Crippen LogP contribution in [0.1, 0.15) is 11.8 Å². The van der Waals surface area contributed by atoms with E-state index in [1.807, 2.05) is 6.92 Å². The number of hydrogen-bond donors (Lipinski definition) is 0. The van der Waals surface area contributed by atoms with Gasteiger partial charge >= 0.3 is 0 Å². The molecule has 5 heteroatoms. The Balaban J connectivity index is 1.86. The van der Waals surface area contributed by atoms with Crippen LogP contribution < -0.4 is 0 Å². The van der Waals surface area contributed by atoms with E-state index in [0.29, 0.717) is 5.89 Å². The third-order valence-corrected chi connectivity index (χ3v) is 2.52. The number of rotatable bonds is 2. The third kappa shape index (κ3) is 2.30. The zero-order chi connectivity index (χ0) is 9.97. The number of likely N-dealkylation sites (N-methyl/N-ethyl adjacent to an activating group) is 1. The monoisotopic (exact) mass is 196 g/mol. The summed E-state index contributed by atoms with van der Waals surface area (Å²) in [6, 6.07) is 0. The molecule has 0 amide bonds. The van der Waals surface area contributed by atoms with E-state index < -0.39 is 0 Å². The fourth-order valence-corrected chi connectivity index (χ4v) is 1.60. The Morgan fingerprint density at radius 3 is 2.50 bits per heavy atom. The molecule has 2 rings (SSSR count). The van der Waals surface area contributed by atoms with Crippen molar-refractivity contribution in [2.45, 2.75) is 13.5 Å². The summed E-state index contributed by atoms with van der Waals surface area (Å²) in [5.74, 6) is 1.38. The fraction of sp³-hybridized carbons (Fsp3) is 0.778. The van der Waals surface area contributed by atoms with Crippen molar-refractivity contribution in [3.05, 3.63) is 11.8 Å². The van der Waals surface area contributed by atoms with Gasteiger partial charge in [-0.2, -0.15) is 0 Å². The van der Waals surface area contributed by atoms with Gasteiger partial charge in [-0.3, -0.25) is 4.90 Å². The second-order valence-corrected chi connectivity index (χ2v) is 3.79. The van der Waals surface area contributed by atoms with Crippen molar-refractivity contribution in [3.8, 4) is 0 Å². The van der Waals surface area contributed by atoms with Crippen LogP contribution in [-0.4, -0.2) is 53.2 Å². The van der Waals surface area contributed by atoms with Crippen molar-refractivity contribution in [2.75, 3.05) is 33.2 Å². The molecular weight excluding hydrogens is 180 g/mol.